The topological polar surface area (TPSA) is 68.2 Å². The molecule has 15 heavy (non-hydrogen) atoms. The van der Waals surface area contributed by atoms with Crippen LogP contribution in [0.15, 0.2) is 0 Å². The predicted molar refractivity (Wildman–Crippen MR) is 56.5 cm³/mol. The van der Waals surface area contributed by atoms with Crippen LogP contribution in [0.5, 0.6) is 0 Å². The van der Waals surface area contributed by atoms with E-state index >= 15 is 0 Å². The lowest BCUT2D eigenvalue weighted by Gasteiger charge is -2.23. The van der Waals surface area contributed by atoms with E-state index in [9.17, 15) is 5.11 Å². The molecule has 5 nitrogen and oxygen atoms in total. The number of ether oxygens (including phenoxy) is 3. The molecule has 0 bridgehead atoms. The standard InChI is InChI=1S/C9H19BO5/c1-5(4-13-2)14-8-7(12)6(3-11)15-9(8)10/h5-9,11-12H,3-4,10H2,1-2H3/t5?,6-,7?,8?,9-/m1/s1. The van der Waals surface area contributed by atoms with Crippen molar-refractivity contribution in [1.82, 2.24) is 0 Å². The van der Waals surface area contributed by atoms with Crippen LogP contribution >= 0.6 is 0 Å². The zero-order valence-electron chi connectivity index (χ0n) is 9.42. The second-order valence-corrected chi connectivity index (χ2v) is 3.92. The maximum atomic E-state index is 9.79. The highest BCUT2D eigenvalue weighted by atomic mass is 16.6. The lowest BCUT2D eigenvalue weighted by atomic mass is 9.93. The van der Waals surface area contributed by atoms with Gasteiger partial charge in [0, 0.05) is 7.11 Å². The Labute approximate surface area is 90.7 Å². The van der Waals surface area contributed by atoms with E-state index in [0.717, 1.165) is 0 Å². The smallest absolute Gasteiger partial charge is 0.142 e. The zero-order chi connectivity index (χ0) is 11.4. The summed E-state index contributed by atoms with van der Waals surface area (Å²) in [5, 5.41) is 18.7. The Kier molecular flexibility index (Phi) is 5.01. The number of aliphatic hydroxyl groups is 2. The monoisotopic (exact) mass is 218 g/mol. The van der Waals surface area contributed by atoms with E-state index < -0.39 is 18.3 Å². The number of rotatable bonds is 5. The highest BCUT2D eigenvalue weighted by Crippen LogP contribution is 2.23. The summed E-state index contributed by atoms with van der Waals surface area (Å²) in [6.45, 7) is 2.15. The molecule has 1 rings (SSSR count). The summed E-state index contributed by atoms with van der Waals surface area (Å²) in [4.78, 5) is 0. The molecule has 0 aromatic rings. The number of hydrogen-bond donors (Lipinski definition) is 2. The van der Waals surface area contributed by atoms with Gasteiger partial charge in [0.25, 0.3) is 0 Å². The van der Waals surface area contributed by atoms with Gasteiger partial charge in [-0.15, -0.1) is 0 Å². The first-order chi connectivity index (χ1) is 7.10. The van der Waals surface area contributed by atoms with Crippen molar-refractivity contribution in [3.8, 4) is 0 Å². The molecule has 0 saturated carbocycles. The van der Waals surface area contributed by atoms with Crippen molar-refractivity contribution in [2.24, 2.45) is 0 Å². The van der Waals surface area contributed by atoms with Crippen molar-refractivity contribution in [1.29, 1.82) is 0 Å². The summed E-state index contributed by atoms with van der Waals surface area (Å²) in [5.74, 6) is 0. The zero-order valence-corrected chi connectivity index (χ0v) is 9.42. The number of hydrogen-bond acceptors (Lipinski definition) is 5. The van der Waals surface area contributed by atoms with Gasteiger partial charge in [0.05, 0.1) is 25.3 Å². The van der Waals surface area contributed by atoms with E-state index in [0.29, 0.717) is 6.61 Å². The SMILES string of the molecule is B[C@@H]1O[C@H](CO)C(O)C1OC(C)COC. The van der Waals surface area contributed by atoms with Gasteiger partial charge >= 0.3 is 0 Å². The first kappa shape index (κ1) is 12.9. The molecule has 0 radical (unpaired) electrons. The molecule has 1 fully saturated rings. The molecule has 3 unspecified atom stereocenters. The van der Waals surface area contributed by atoms with Crippen molar-refractivity contribution in [3.05, 3.63) is 0 Å². The fourth-order valence-electron chi connectivity index (χ4n) is 1.81. The van der Waals surface area contributed by atoms with Crippen molar-refractivity contribution < 1.29 is 24.4 Å². The van der Waals surface area contributed by atoms with Crippen LogP contribution in [-0.2, 0) is 14.2 Å². The summed E-state index contributed by atoms with van der Waals surface area (Å²) in [6.07, 6.45) is -1.81. The molecular formula is C9H19BO5. The van der Waals surface area contributed by atoms with Crippen LogP contribution in [-0.4, -0.2) is 68.8 Å². The van der Waals surface area contributed by atoms with Crippen LogP contribution in [0.3, 0.4) is 0 Å². The Balaban J connectivity index is 2.46. The minimum atomic E-state index is -0.774. The largest absolute Gasteiger partial charge is 0.394 e. The lowest BCUT2D eigenvalue weighted by Crippen LogP contribution is -2.39. The third kappa shape index (κ3) is 3.16. The fraction of sp³-hybridized carbons (Fsp3) is 1.00. The predicted octanol–water partition coefficient (Wildman–Crippen LogP) is -1.88. The van der Waals surface area contributed by atoms with Crippen molar-refractivity contribution in [2.75, 3.05) is 20.3 Å². The van der Waals surface area contributed by atoms with Gasteiger partial charge in [-0.05, 0) is 6.92 Å². The van der Waals surface area contributed by atoms with Crippen LogP contribution < -0.4 is 0 Å². The highest BCUT2D eigenvalue weighted by Gasteiger charge is 2.42. The molecule has 0 amide bonds. The molecule has 0 aliphatic carbocycles. The van der Waals surface area contributed by atoms with Crippen molar-refractivity contribution in [2.45, 2.75) is 37.3 Å². The second-order valence-electron chi connectivity index (χ2n) is 3.92. The first-order valence-electron chi connectivity index (χ1n) is 5.19. The van der Waals surface area contributed by atoms with E-state index in [4.69, 9.17) is 19.3 Å². The molecule has 1 aliphatic rings. The summed E-state index contributed by atoms with van der Waals surface area (Å²) in [6, 6.07) is -0.212. The first-order valence-corrected chi connectivity index (χ1v) is 5.19. The molecule has 6 heteroatoms. The quantitative estimate of drug-likeness (QED) is 0.528. The van der Waals surface area contributed by atoms with Gasteiger partial charge < -0.3 is 24.4 Å². The van der Waals surface area contributed by atoms with Crippen molar-refractivity contribution in [3.63, 3.8) is 0 Å². The molecule has 1 saturated heterocycles. The lowest BCUT2D eigenvalue weighted by molar-refractivity contribution is -0.0802. The molecular weight excluding hydrogens is 199 g/mol. The van der Waals surface area contributed by atoms with Crippen LogP contribution in [0, 0.1) is 0 Å². The molecule has 88 valence electrons. The van der Waals surface area contributed by atoms with Crippen LogP contribution in [0.4, 0.5) is 0 Å². The van der Waals surface area contributed by atoms with Gasteiger partial charge in [-0.2, -0.15) is 0 Å². The second kappa shape index (κ2) is 5.82. The Bertz CT molecular complexity index is 191. The van der Waals surface area contributed by atoms with E-state index in [2.05, 4.69) is 0 Å². The van der Waals surface area contributed by atoms with E-state index in [-0.39, 0.29) is 18.7 Å². The van der Waals surface area contributed by atoms with E-state index in [1.54, 1.807) is 7.11 Å². The van der Waals surface area contributed by atoms with Gasteiger partial charge in [0.15, 0.2) is 0 Å². The normalized spacial score (nSPS) is 38.1. The molecule has 5 atom stereocenters. The molecule has 0 aromatic heterocycles. The van der Waals surface area contributed by atoms with Gasteiger partial charge in [-0.3, -0.25) is 0 Å². The maximum absolute atomic E-state index is 9.79. The highest BCUT2D eigenvalue weighted by molar-refractivity contribution is 6.11. The Morgan fingerprint density at radius 2 is 2.20 bits per heavy atom. The van der Waals surface area contributed by atoms with Crippen LogP contribution in [0.2, 0.25) is 0 Å². The summed E-state index contributed by atoms with van der Waals surface area (Å²) >= 11 is 0. The fourth-order valence-corrected chi connectivity index (χ4v) is 1.81. The molecule has 1 aliphatic heterocycles. The summed E-state index contributed by atoms with van der Waals surface area (Å²) < 4.78 is 15.9. The molecule has 0 aromatic carbocycles. The molecule has 1 heterocycles. The van der Waals surface area contributed by atoms with Gasteiger partial charge in [0.2, 0.25) is 0 Å². The van der Waals surface area contributed by atoms with Gasteiger partial charge in [0.1, 0.15) is 26.2 Å². The molecule has 2 N–H and O–H groups in total. The average molecular weight is 218 g/mol. The van der Waals surface area contributed by atoms with E-state index in [1.807, 2.05) is 14.8 Å². The van der Waals surface area contributed by atoms with Crippen LogP contribution in [0.1, 0.15) is 6.92 Å². The number of methoxy groups -OCH3 is 1. The summed E-state index contributed by atoms with van der Waals surface area (Å²) in [5.41, 5.74) is 0. The summed E-state index contributed by atoms with van der Waals surface area (Å²) in [7, 11) is 3.42. The molecule has 0 spiro atoms. The maximum Gasteiger partial charge on any atom is 0.142 e. The Morgan fingerprint density at radius 1 is 1.53 bits per heavy atom. The van der Waals surface area contributed by atoms with Crippen LogP contribution in [0.25, 0.3) is 0 Å². The Morgan fingerprint density at radius 3 is 2.67 bits per heavy atom. The minimum absolute atomic E-state index is 0.0989. The van der Waals surface area contributed by atoms with Gasteiger partial charge in [-0.25, -0.2) is 0 Å². The third-order valence-electron chi connectivity index (χ3n) is 2.54. The average Bonchev–Trinajstić information content (AvgIpc) is 2.45. The van der Waals surface area contributed by atoms with Gasteiger partial charge in [-0.1, -0.05) is 0 Å². The van der Waals surface area contributed by atoms with Crippen molar-refractivity contribution >= 4 is 7.85 Å². The number of aliphatic hydroxyl groups excluding tert-OH is 2. The third-order valence-corrected chi connectivity index (χ3v) is 2.54. The Hall–Kier alpha value is -0.135. The minimum Gasteiger partial charge on any atom is -0.394 e. The van der Waals surface area contributed by atoms with E-state index in [1.165, 1.54) is 0 Å².